The summed E-state index contributed by atoms with van der Waals surface area (Å²) in [6.45, 7) is 36.7. The third kappa shape index (κ3) is 7.89. The summed E-state index contributed by atoms with van der Waals surface area (Å²) in [7, 11) is 0. The van der Waals surface area contributed by atoms with Gasteiger partial charge in [0.2, 0.25) is 5.69 Å². The van der Waals surface area contributed by atoms with Gasteiger partial charge >= 0.3 is 0 Å². The third-order valence-electron chi connectivity index (χ3n) is 15.2. The van der Waals surface area contributed by atoms with Crippen LogP contribution >= 0.6 is 0 Å². The summed E-state index contributed by atoms with van der Waals surface area (Å²) in [5.41, 5.74) is 14.5. The monoisotopic (exact) mass is 978 g/mol. The van der Waals surface area contributed by atoms with Crippen molar-refractivity contribution in [2.45, 2.75) is 105 Å². The van der Waals surface area contributed by atoms with Crippen molar-refractivity contribution >= 4 is 71.2 Å². The lowest BCUT2D eigenvalue weighted by molar-refractivity contribution is 0.590. The second-order valence-electron chi connectivity index (χ2n) is 24.5. The van der Waals surface area contributed by atoms with Gasteiger partial charge in [-0.2, -0.15) is 0 Å². The molecule has 370 valence electrons. The van der Waals surface area contributed by atoms with E-state index in [4.69, 9.17) is 19.4 Å². The topological polar surface area (TPSA) is 66.0 Å². The van der Waals surface area contributed by atoms with Crippen LogP contribution in [0.3, 0.4) is 0 Å². The molecule has 7 heteroatoms. The van der Waals surface area contributed by atoms with Crippen molar-refractivity contribution in [3.63, 3.8) is 0 Å². The van der Waals surface area contributed by atoms with E-state index in [9.17, 15) is 6.57 Å². The summed E-state index contributed by atoms with van der Waals surface area (Å²) < 4.78 is 12.0. The minimum Gasteiger partial charge on any atom is -0.455 e. The molecule has 0 aliphatic rings. The highest BCUT2D eigenvalue weighted by Crippen LogP contribution is 2.50. The van der Waals surface area contributed by atoms with Gasteiger partial charge in [-0.1, -0.05) is 180 Å². The Hall–Kier alpha value is -8.34. The van der Waals surface area contributed by atoms with Crippen LogP contribution in [0.2, 0.25) is 0 Å². The van der Waals surface area contributed by atoms with Crippen molar-refractivity contribution < 1.29 is 4.42 Å². The van der Waals surface area contributed by atoms with Crippen LogP contribution in [0.1, 0.15) is 105 Å². The first-order valence-electron chi connectivity index (χ1n) is 26.1. The average Bonchev–Trinajstić information content (AvgIpc) is 4.04. The van der Waals surface area contributed by atoms with Crippen LogP contribution < -0.4 is 0 Å². The number of hydrogen-bond donors (Lipinski definition) is 0. The van der Waals surface area contributed by atoms with Gasteiger partial charge in [-0.25, -0.2) is 19.8 Å². The first kappa shape index (κ1) is 47.7. The number of hydrogen-bond acceptors (Lipinski definition) is 4. The minimum atomic E-state index is -0.0949. The minimum absolute atomic E-state index is 0.0809. The molecular formula is C68H62N6O. The molecule has 0 atom stereocenters. The second-order valence-corrected chi connectivity index (χ2v) is 24.5. The fourth-order valence-electron chi connectivity index (χ4n) is 10.9. The molecule has 75 heavy (non-hydrogen) atoms. The standard InChI is InChI=1S/C68H62N6O/c1-65(2,3)42-27-31-52-48(35-42)49-36-43(66(4,5)6)28-32-53(49)73(52)56-39-57-58(60(59(56)69-13)74-54-33-29-44(67(7,8)9)37-50(54)51-38-45(68(10,11)12)30-34-55(51)74)46-25-20-26-47(61(46)75-57)64-71-62(40-21-16-14-17-22-40)70-63(72-64)41-23-18-15-19-24-41/h14-39H,1-12H3. The highest BCUT2D eigenvalue weighted by Gasteiger charge is 2.30. The van der Waals surface area contributed by atoms with Gasteiger partial charge in [-0.3, -0.25) is 0 Å². The van der Waals surface area contributed by atoms with Crippen LogP contribution in [0.15, 0.2) is 162 Å². The van der Waals surface area contributed by atoms with E-state index >= 15 is 0 Å². The zero-order chi connectivity index (χ0) is 52.5. The van der Waals surface area contributed by atoms with Gasteiger partial charge in [0.15, 0.2) is 17.5 Å². The summed E-state index contributed by atoms with van der Waals surface area (Å²) in [5.74, 6) is 1.62. The van der Waals surface area contributed by atoms with Gasteiger partial charge < -0.3 is 13.6 Å². The predicted octanol–water partition coefficient (Wildman–Crippen LogP) is 18.7. The molecule has 12 aromatic rings. The molecule has 0 fully saturated rings. The number of furan rings is 1. The van der Waals surface area contributed by atoms with Gasteiger partial charge in [-0.05, 0) is 105 Å². The van der Waals surface area contributed by atoms with Gasteiger partial charge in [0.05, 0.1) is 45.6 Å². The van der Waals surface area contributed by atoms with E-state index in [1.54, 1.807) is 0 Å². The Balaban J connectivity index is 1.25. The summed E-state index contributed by atoms with van der Waals surface area (Å²) in [6.07, 6.45) is 0. The van der Waals surface area contributed by atoms with Gasteiger partial charge in [0.1, 0.15) is 11.2 Å². The lowest BCUT2D eigenvalue weighted by Gasteiger charge is -2.20. The lowest BCUT2D eigenvalue weighted by atomic mass is 9.85. The Kier molecular flexibility index (Phi) is 10.7. The predicted molar refractivity (Wildman–Crippen MR) is 313 cm³/mol. The SMILES string of the molecule is [C-]#[N+]c1c(-n2c3ccc(C(C)(C)C)cc3c3cc(C(C)(C)C)ccc32)cc2oc3c(-c4nc(-c5ccccc5)nc(-c5ccccc5)n4)cccc3c2c1-n1c2ccc(C(C)(C)C)cc2c2cc(C(C)(C)C)ccc21. The Labute approximate surface area is 439 Å². The number of rotatable bonds is 5. The van der Waals surface area contributed by atoms with Crippen molar-refractivity contribution in [2.24, 2.45) is 0 Å². The number of benzene rings is 8. The molecule has 0 amide bonds. The number of fused-ring (bicyclic) bond motifs is 9. The van der Waals surface area contributed by atoms with E-state index < -0.39 is 0 Å². The molecule has 0 radical (unpaired) electrons. The molecule has 7 nitrogen and oxygen atoms in total. The first-order valence-corrected chi connectivity index (χ1v) is 26.1. The Morgan fingerprint density at radius 3 is 1.21 bits per heavy atom. The van der Waals surface area contributed by atoms with Crippen LogP contribution in [-0.2, 0) is 21.7 Å². The van der Waals surface area contributed by atoms with E-state index in [0.717, 1.165) is 82.4 Å². The van der Waals surface area contributed by atoms with E-state index in [2.05, 4.69) is 188 Å². The summed E-state index contributed by atoms with van der Waals surface area (Å²) >= 11 is 0. The quantitative estimate of drug-likeness (QED) is 0.161. The van der Waals surface area contributed by atoms with Crippen molar-refractivity contribution in [1.82, 2.24) is 24.1 Å². The van der Waals surface area contributed by atoms with Crippen molar-refractivity contribution in [3.8, 4) is 45.5 Å². The Morgan fingerprint density at radius 1 is 0.413 bits per heavy atom. The molecule has 0 saturated heterocycles. The smallest absolute Gasteiger partial charge is 0.234 e. The molecule has 0 saturated carbocycles. The maximum Gasteiger partial charge on any atom is 0.234 e. The molecule has 4 heterocycles. The van der Waals surface area contributed by atoms with E-state index in [0.29, 0.717) is 34.3 Å². The molecule has 8 aromatic carbocycles. The van der Waals surface area contributed by atoms with Gasteiger partial charge in [0, 0.05) is 43.4 Å². The molecule has 0 aliphatic carbocycles. The normalized spacial score (nSPS) is 12.8. The largest absolute Gasteiger partial charge is 0.455 e. The van der Waals surface area contributed by atoms with Crippen LogP contribution in [-0.4, -0.2) is 24.1 Å². The average molecular weight is 979 g/mol. The van der Waals surface area contributed by atoms with Crippen LogP contribution in [0.5, 0.6) is 0 Å². The number of nitrogens with zero attached hydrogens (tertiary/aromatic N) is 6. The zero-order valence-electron chi connectivity index (χ0n) is 45.1. The molecular weight excluding hydrogens is 917 g/mol. The lowest BCUT2D eigenvalue weighted by Crippen LogP contribution is -2.10. The van der Waals surface area contributed by atoms with E-state index in [1.807, 2.05) is 66.7 Å². The first-order chi connectivity index (χ1) is 35.7. The molecule has 0 bridgehead atoms. The van der Waals surface area contributed by atoms with Crippen molar-refractivity contribution in [3.05, 3.63) is 191 Å². The second kappa shape index (κ2) is 16.8. The number of aromatic nitrogens is 5. The maximum absolute atomic E-state index is 9.49. The third-order valence-corrected chi connectivity index (χ3v) is 15.2. The summed E-state index contributed by atoms with van der Waals surface area (Å²) in [5, 5.41) is 6.27. The van der Waals surface area contributed by atoms with Crippen LogP contribution in [0.25, 0.3) is 116 Å². The van der Waals surface area contributed by atoms with Gasteiger partial charge in [-0.15, -0.1) is 0 Å². The molecule has 0 aliphatic heterocycles. The van der Waals surface area contributed by atoms with E-state index in [-0.39, 0.29) is 21.7 Å². The Bertz CT molecular complexity index is 4120. The summed E-state index contributed by atoms with van der Waals surface area (Å²) in [4.78, 5) is 20.1. The Morgan fingerprint density at radius 2 is 0.813 bits per heavy atom. The fraction of sp³-hybridized carbons (Fsp3) is 0.235. The number of para-hydroxylation sites is 1. The molecule has 0 spiro atoms. The highest BCUT2D eigenvalue weighted by molar-refractivity contribution is 6.20. The molecule has 12 rings (SSSR count). The highest BCUT2D eigenvalue weighted by atomic mass is 16.3. The van der Waals surface area contributed by atoms with Crippen LogP contribution in [0, 0.1) is 6.57 Å². The molecule has 0 N–H and O–H groups in total. The zero-order valence-corrected chi connectivity index (χ0v) is 45.1. The van der Waals surface area contributed by atoms with E-state index in [1.165, 1.54) is 22.3 Å². The van der Waals surface area contributed by atoms with Crippen molar-refractivity contribution in [2.75, 3.05) is 0 Å². The molecule has 4 aromatic heterocycles. The van der Waals surface area contributed by atoms with Crippen LogP contribution in [0.4, 0.5) is 5.69 Å². The fourth-order valence-corrected chi connectivity index (χ4v) is 10.9. The summed E-state index contributed by atoms with van der Waals surface area (Å²) in [6, 6.07) is 55.9. The van der Waals surface area contributed by atoms with Crippen molar-refractivity contribution in [1.29, 1.82) is 0 Å². The van der Waals surface area contributed by atoms with Gasteiger partial charge in [0.25, 0.3) is 0 Å². The molecule has 0 unspecified atom stereocenters. The maximum atomic E-state index is 9.49.